The summed E-state index contributed by atoms with van der Waals surface area (Å²) < 4.78 is 0. The van der Waals surface area contributed by atoms with Crippen molar-refractivity contribution in [3.05, 3.63) is 64.9 Å². The van der Waals surface area contributed by atoms with Crippen LogP contribution in [0.3, 0.4) is 0 Å². The van der Waals surface area contributed by atoms with Crippen LogP contribution in [-0.4, -0.2) is 34.1 Å². The molecule has 0 bridgehead atoms. The fourth-order valence-electron chi connectivity index (χ4n) is 6.43. The van der Waals surface area contributed by atoms with Gasteiger partial charge in [0, 0.05) is 41.5 Å². The van der Waals surface area contributed by atoms with Crippen molar-refractivity contribution >= 4 is 23.4 Å². The van der Waals surface area contributed by atoms with Gasteiger partial charge in [-0.15, -0.1) is 0 Å². The van der Waals surface area contributed by atoms with E-state index in [9.17, 15) is 14.7 Å². The average molecular weight is 498 g/mol. The van der Waals surface area contributed by atoms with Gasteiger partial charge in [-0.25, -0.2) is 0 Å². The number of rotatable bonds is 6. The summed E-state index contributed by atoms with van der Waals surface area (Å²) in [6, 6.07) is 10.9. The maximum atomic E-state index is 13.0. The molecule has 7 atom stereocenters. The number of amides is 2. The molecule has 0 aliphatic heterocycles. The Labute approximate surface area is 212 Å². The maximum absolute atomic E-state index is 13.0. The van der Waals surface area contributed by atoms with E-state index in [1.165, 1.54) is 0 Å². The highest BCUT2D eigenvalue weighted by Crippen LogP contribution is 2.55. The quantitative estimate of drug-likeness (QED) is 0.543. The fourth-order valence-corrected chi connectivity index (χ4v) is 6.63. The lowest BCUT2D eigenvalue weighted by atomic mass is 9.51. The van der Waals surface area contributed by atoms with Crippen molar-refractivity contribution in [3.63, 3.8) is 0 Å². The number of benzene rings is 1. The van der Waals surface area contributed by atoms with Crippen LogP contribution in [0.4, 0.5) is 0 Å². The first-order valence-corrected chi connectivity index (χ1v) is 13.0. The standard InChI is InChI=1S/C28H36ClN3O3/c1-17(26(34)31-16-20-6-4-5-7-22(20)29)21-8-12-28(3)13-9-23(18(2)24(28)25(21)33)32-27(35)19-10-14-30-15-11-19/h4-7,10-11,14-15,17-18,21,23-25,33H,8-9,12-13,16H2,1-3H3,(H,31,34)(H,32,35)/t17-,18+,21?,23-,24+,25-,28-/m0/s1. The minimum atomic E-state index is -0.606. The number of aliphatic hydroxyl groups excluding tert-OH is 1. The Morgan fingerprint density at radius 2 is 1.86 bits per heavy atom. The minimum Gasteiger partial charge on any atom is -0.392 e. The molecule has 4 rings (SSSR count). The molecule has 2 aliphatic carbocycles. The van der Waals surface area contributed by atoms with E-state index in [0.29, 0.717) is 17.1 Å². The van der Waals surface area contributed by atoms with Crippen LogP contribution in [0.2, 0.25) is 5.02 Å². The molecule has 7 heteroatoms. The van der Waals surface area contributed by atoms with E-state index in [1.54, 1.807) is 24.5 Å². The van der Waals surface area contributed by atoms with Crippen LogP contribution in [0.1, 0.15) is 62.4 Å². The number of nitrogens with zero attached hydrogens (tertiary/aromatic N) is 1. The third-order valence-electron chi connectivity index (χ3n) is 8.61. The maximum Gasteiger partial charge on any atom is 0.251 e. The van der Waals surface area contributed by atoms with Crippen LogP contribution >= 0.6 is 11.6 Å². The lowest BCUT2D eigenvalue weighted by molar-refractivity contribution is -0.142. The van der Waals surface area contributed by atoms with Crippen molar-refractivity contribution in [1.82, 2.24) is 15.6 Å². The Bertz CT molecular complexity index is 1050. The molecule has 0 radical (unpaired) electrons. The first kappa shape index (κ1) is 25.6. The van der Waals surface area contributed by atoms with Crippen molar-refractivity contribution in [2.75, 3.05) is 0 Å². The van der Waals surface area contributed by atoms with Gasteiger partial charge < -0.3 is 15.7 Å². The highest BCUT2D eigenvalue weighted by molar-refractivity contribution is 6.31. The molecule has 1 heterocycles. The van der Waals surface area contributed by atoms with Gasteiger partial charge in [-0.2, -0.15) is 0 Å². The summed E-state index contributed by atoms with van der Waals surface area (Å²) in [6.07, 6.45) is 6.24. The van der Waals surface area contributed by atoms with Crippen LogP contribution < -0.4 is 10.6 Å². The lowest BCUT2D eigenvalue weighted by Gasteiger charge is -2.56. The summed E-state index contributed by atoms with van der Waals surface area (Å²) in [5, 5.41) is 18.4. The van der Waals surface area contributed by atoms with Gasteiger partial charge in [0.1, 0.15) is 0 Å². The summed E-state index contributed by atoms with van der Waals surface area (Å²) in [5.74, 6) is -0.523. The number of halogens is 1. The second kappa shape index (κ2) is 10.7. The summed E-state index contributed by atoms with van der Waals surface area (Å²) in [6.45, 7) is 6.67. The molecule has 0 saturated heterocycles. The number of nitrogens with one attached hydrogen (secondary N) is 2. The van der Waals surface area contributed by atoms with Crippen molar-refractivity contribution in [2.24, 2.45) is 29.1 Å². The molecule has 2 saturated carbocycles. The Hall–Kier alpha value is -2.44. The van der Waals surface area contributed by atoms with E-state index in [1.807, 2.05) is 31.2 Å². The molecule has 1 unspecified atom stereocenters. The van der Waals surface area contributed by atoms with E-state index in [0.717, 1.165) is 31.2 Å². The van der Waals surface area contributed by atoms with E-state index >= 15 is 0 Å². The second-order valence-electron chi connectivity index (χ2n) is 10.7. The van der Waals surface area contributed by atoms with Gasteiger partial charge in [-0.05, 0) is 72.6 Å². The van der Waals surface area contributed by atoms with Crippen molar-refractivity contribution in [2.45, 2.75) is 65.1 Å². The smallest absolute Gasteiger partial charge is 0.251 e. The van der Waals surface area contributed by atoms with Crippen molar-refractivity contribution < 1.29 is 14.7 Å². The third kappa shape index (κ3) is 5.39. The van der Waals surface area contributed by atoms with E-state index in [-0.39, 0.29) is 46.9 Å². The number of carbonyl (C=O) groups is 2. The topological polar surface area (TPSA) is 91.3 Å². The largest absolute Gasteiger partial charge is 0.392 e. The summed E-state index contributed by atoms with van der Waals surface area (Å²) >= 11 is 6.23. The van der Waals surface area contributed by atoms with Gasteiger partial charge in [0.15, 0.2) is 0 Å². The molecule has 188 valence electrons. The van der Waals surface area contributed by atoms with Crippen LogP contribution in [0.15, 0.2) is 48.8 Å². The number of hydrogen-bond donors (Lipinski definition) is 3. The van der Waals surface area contributed by atoms with Crippen LogP contribution in [0.25, 0.3) is 0 Å². The van der Waals surface area contributed by atoms with E-state index in [4.69, 9.17) is 11.6 Å². The van der Waals surface area contributed by atoms with Crippen LogP contribution in [0.5, 0.6) is 0 Å². The van der Waals surface area contributed by atoms with Gasteiger partial charge in [-0.1, -0.05) is 50.6 Å². The van der Waals surface area contributed by atoms with Gasteiger partial charge in [0.25, 0.3) is 5.91 Å². The number of carbonyl (C=O) groups excluding carboxylic acids is 2. The van der Waals surface area contributed by atoms with Crippen LogP contribution in [-0.2, 0) is 11.3 Å². The number of aliphatic hydroxyl groups is 1. The average Bonchev–Trinajstić information content (AvgIpc) is 2.85. The fraction of sp³-hybridized carbons (Fsp3) is 0.536. The normalized spacial score (nSPS) is 31.2. The van der Waals surface area contributed by atoms with E-state index in [2.05, 4.69) is 29.5 Å². The zero-order chi connectivity index (χ0) is 25.2. The van der Waals surface area contributed by atoms with Crippen molar-refractivity contribution in [3.8, 4) is 0 Å². The molecule has 1 aromatic heterocycles. The predicted molar refractivity (Wildman–Crippen MR) is 137 cm³/mol. The lowest BCUT2D eigenvalue weighted by Crippen LogP contribution is -2.58. The van der Waals surface area contributed by atoms with Gasteiger partial charge >= 0.3 is 0 Å². The Balaban J connectivity index is 1.43. The zero-order valence-electron chi connectivity index (χ0n) is 20.7. The van der Waals surface area contributed by atoms with Crippen molar-refractivity contribution in [1.29, 1.82) is 0 Å². The first-order chi connectivity index (χ1) is 16.7. The molecule has 3 N–H and O–H groups in total. The highest BCUT2D eigenvalue weighted by Gasteiger charge is 2.53. The Morgan fingerprint density at radius 1 is 1.17 bits per heavy atom. The molecule has 1 aromatic carbocycles. The molecule has 0 spiro atoms. The minimum absolute atomic E-state index is 0.000980. The third-order valence-corrected chi connectivity index (χ3v) is 8.98. The van der Waals surface area contributed by atoms with Gasteiger partial charge in [0.2, 0.25) is 5.91 Å². The van der Waals surface area contributed by atoms with Gasteiger partial charge in [0.05, 0.1) is 6.10 Å². The number of pyridine rings is 1. The summed E-state index contributed by atoms with van der Waals surface area (Å²) in [5.41, 5.74) is 1.47. The Kier molecular flexibility index (Phi) is 7.82. The molecule has 6 nitrogen and oxygen atoms in total. The number of aromatic nitrogens is 1. The Morgan fingerprint density at radius 3 is 2.57 bits per heavy atom. The van der Waals surface area contributed by atoms with Crippen LogP contribution in [0, 0.1) is 29.1 Å². The zero-order valence-corrected chi connectivity index (χ0v) is 21.5. The number of hydrogen-bond acceptors (Lipinski definition) is 4. The second-order valence-corrected chi connectivity index (χ2v) is 11.1. The molecular weight excluding hydrogens is 462 g/mol. The van der Waals surface area contributed by atoms with Gasteiger partial charge in [-0.3, -0.25) is 14.6 Å². The van der Waals surface area contributed by atoms with E-state index < -0.39 is 6.10 Å². The monoisotopic (exact) mass is 497 g/mol. The molecule has 2 fully saturated rings. The highest BCUT2D eigenvalue weighted by atomic mass is 35.5. The molecule has 35 heavy (non-hydrogen) atoms. The molecule has 2 amide bonds. The number of fused-ring (bicyclic) bond motifs is 1. The molecular formula is C28H36ClN3O3. The summed E-state index contributed by atoms with van der Waals surface area (Å²) in [7, 11) is 0. The molecule has 2 aromatic rings. The predicted octanol–water partition coefficient (Wildman–Crippen LogP) is 4.61. The first-order valence-electron chi connectivity index (χ1n) is 12.6. The SMILES string of the molecule is C[C@H]1[C@@H]2[C@@H](O)C([C@H](C)C(=O)NCc3ccccc3Cl)CC[C@@]2(C)CC[C@@H]1NC(=O)c1ccncc1. The summed E-state index contributed by atoms with van der Waals surface area (Å²) in [4.78, 5) is 29.8. The molecule has 2 aliphatic rings.